The fraction of sp³-hybridized carbons (Fsp3) is 0.526. The molecule has 0 saturated heterocycles. The first kappa shape index (κ1) is 17.8. The summed E-state index contributed by atoms with van der Waals surface area (Å²) in [6.45, 7) is 4.63. The Morgan fingerprint density at radius 1 is 1.20 bits per heavy atom. The van der Waals surface area contributed by atoms with Crippen LogP contribution in [0.5, 0.6) is 11.5 Å². The van der Waals surface area contributed by atoms with Crippen LogP contribution in [-0.4, -0.2) is 47.9 Å². The minimum Gasteiger partial charge on any atom is -0.497 e. The SMILES string of the molecule is COc1ccc2c(c1)CN(Cc1cn(C)cn1)CCOCCCCO2. The number of ether oxygens (including phenoxy) is 3. The Balaban J connectivity index is 1.80. The van der Waals surface area contributed by atoms with E-state index >= 15 is 0 Å². The van der Waals surface area contributed by atoms with Crippen LogP contribution >= 0.6 is 0 Å². The van der Waals surface area contributed by atoms with Gasteiger partial charge in [0.2, 0.25) is 0 Å². The van der Waals surface area contributed by atoms with E-state index in [0.29, 0.717) is 6.61 Å². The predicted molar refractivity (Wildman–Crippen MR) is 95.9 cm³/mol. The number of aryl methyl sites for hydroxylation is 1. The van der Waals surface area contributed by atoms with Gasteiger partial charge in [0, 0.05) is 45.0 Å². The molecule has 0 N–H and O–H groups in total. The van der Waals surface area contributed by atoms with Gasteiger partial charge in [0.1, 0.15) is 11.5 Å². The number of hydrogen-bond donors (Lipinski definition) is 0. The number of aromatic nitrogens is 2. The lowest BCUT2D eigenvalue weighted by Crippen LogP contribution is -2.28. The molecule has 0 fully saturated rings. The zero-order chi connectivity index (χ0) is 17.5. The van der Waals surface area contributed by atoms with Crippen LogP contribution in [0.1, 0.15) is 24.1 Å². The van der Waals surface area contributed by atoms with Crippen LogP contribution in [0.2, 0.25) is 0 Å². The van der Waals surface area contributed by atoms with Crippen molar-refractivity contribution in [1.82, 2.24) is 14.5 Å². The number of benzene rings is 1. The lowest BCUT2D eigenvalue weighted by molar-refractivity contribution is 0.0905. The highest BCUT2D eigenvalue weighted by Crippen LogP contribution is 2.26. The Morgan fingerprint density at radius 3 is 2.88 bits per heavy atom. The first-order valence-corrected chi connectivity index (χ1v) is 8.81. The quantitative estimate of drug-likeness (QED) is 0.856. The second-order valence-electron chi connectivity index (χ2n) is 6.38. The van der Waals surface area contributed by atoms with Gasteiger partial charge in [-0.2, -0.15) is 0 Å². The molecule has 6 nitrogen and oxygen atoms in total. The highest BCUT2D eigenvalue weighted by atomic mass is 16.5. The van der Waals surface area contributed by atoms with Gasteiger partial charge in [-0.3, -0.25) is 4.90 Å². The van der Waals surface area contributed by atoms with E-state index in [2.05, 4.69) is 22.1 Å². The maximum atomic E-state index is 6.01. The molecule has 6 heteroatoms. The van der Waals surface area contributed by atoms with Gasteiger partial charge < -0.3 is 18.8 Å². The summed E-state index contributed by atoms with van der Waals surface area (Å²) in [5.41, 5.74) is 2.19. The molecule has 136 valence electrons. The maximum absolute atomic E-state index is 6.01. The van der Waals surface area contributed by atoms with E-state index in [0.717, 1.165) is 68.4 Å². The first-order chi connectivity index (χ1) is 12.2. The number of hydrogen-bond acceptors (Lipinski definition) is 5. The van der Waals surface area contributed by atoms with Crippen molar-refractivity contribution >= 4 is 0 Å². The number of fused-ring (bicyclic) bond motifs is 1. The van der Waals surface area contributed by atoms with Crippen molar-refractivity contribution in [2.24, 2.45) is 7.05 Å². The smallest absolute Gasteiger partial charge is 0.124 e. The van der Waals surface area contributed by atoms with Crippen LogP contribution in [-0.2, 0) is 24.9 Å². The number of rotatable bonds is 3. The lowest BCUT2D eigenvalue weighted by Gasteiger charge is -2.24. The second-order valence-corrected chi connectivity index (χ2v) is 6.38. The van der Waals surface area contributed by atoms with Crippen LogP contribution < -0.4 is 9.47 Å². The van der Waals surface area contributed by atoms with Crippen molar-refractivity contribution < 1.29 is 14.2 Å². The second kappa shape index (κ2) is 8.87. The Morgan fingerprint density at radius 2 is 2.08 bits per heavy atom. The van der Waals surface area contributed by atoms with Crippen molar-refractivity contribution in [1.29, 1.82) is 0 Å². The molecule has 0 amide bonds. The standard InChI is InChI=1S/C19H27N3O3/c1-21-13-17(20-15-21)14-22-7-10-24-8-3-4-9-25-19-6-5-18(23-2)11-16(19)12-22/h5-6,11,13,15H,3-4,7-10,12,14H2,1-2H3. The monoisotopic (exact) mass is 345 g/mol. The van der Waals surface area contributed by atoms with Crippen LogP contribution in [0, 0.1) is 0 Å². The molecule has 0 aliphatic carbocycles. The third kappa shape index (κ3) is 5.21. The average Bonchev–Trinajstić information content (AvgIpc) is 3.01. The van der Waals surface area contributed by atoms with Gasteiger partial charge >= 0.3 is 0 Å². The van der Waals surface area contributed by atoms with Crippen molar-refractivity contribution in [3.63, 3.8) is 0 Å². The van der Waals surface area contributed by atoms with Gasteiger partial charge in [0.15, 0.2) is 0 Å². The molecule has 0 spiro atoms. The molecule has 0 radical (unpaired) electrons. The third-order valence-corrected chi connectivity index (χ3v) is 4.30. The zero-order valence-corrected chi connectivity index (χ0v) is 15.1. The Bertz CT molecular complexity index is 672. The zero-order valence-electron chi connectivity index (χ0n) is 15.1. The Hall–Kier alpha value is -2.05. The molecular formula is C19H27N3O3. The summed E-state index contributed by atoms with van der Waals surface area (Å²) in [4.78, 5) is 6.79. The molecule has 2 heterocycles. The minimum atomic E-state index is 0.711. The topological polar surface area (TPSA) is 48.8 Å². The van der Waals surface area contributed by atoms with Crippen LogP contribution in [0.15, 0.2) is 30.7 Å². The number of imidazole rings is 1. The van der Waals surface area contributed by atoms with E-state index < -0.39 is 0 Å². The van der Waals surface area contributed by atoms with E-state index in [4.69, 9.17) is 14.2 Å². The predicted octanol–water partition coefficient (Wildman–Crippen LogP) is 2.62. The van der Waals surface area contributed by atoms with E-state index in [9.17, 15) is 0 Å². The fourth-order valence-electron chi connectivity index (χ4n) is 2.96. The Kier molecular flexibility index (Phi) is 6.30. The number of methoxy groups -OCH3 is 1. The van der Waals surface area contributed by atoms with Crippen molar-refractivity contribution in [2.45, 2.75) is 25.9 Å². The molecule has 1 aliphatic rings. The van der Waals surface area contributed by atoms with Crippen LogP contribution in [0.4, 0.5) is 0 Å². The maximum Gasteiger partial charge on any atom is 0.124 e. The summed E-state index contributed by atoms with van der Waals surface area (Å²) in [6.07, 6.45) is 5.91. The van der Waals surface area contributed by atoms with Crippen LogP contribution in [0.3, 0.4) is 0 Å². The molecule has 2 aromatic rings. The molecule has 0 atom stereocenters. The molecule has 1 aliphatic heterocycles. The largest absolute Gasteiger partial charge is 0.497 e. The number of nitrogens with zero attached hydrogens (tertiary/aromatic N) is 3. The van der Waals surface area contributed by atoms with E-state index in [-0.39, 0.29) is 0 Å². The average molecular weight is 345 g/mol. The summed E-state index contributed by atoms with van der Waals surface area (Å²) < 4.78 is 19.1. The molecule has 0 unspecified atom stereocenters. The van der Waals surface area contributed by atoms with Crippen molar-refractivity contribution in [3.8, 4) is 11.5 Å². The molecular weight excluding hydrogens is 318 g/mol. The fourth-order valence-corrected chi connectivity index (χ4v) is 2.96. The minimum absolute atomic E-state index is 0.711. The van der Waals surface area contributed by atoms with Gasteiger partial charge in [0.25, 0.3) is 0 Å². The summed E-state index contributed by atoms with van der Waals surface area (Å²) in [6, 6.07) is 6.03. The van der Waals surface area contributed by atoms with Crippen molar-refractivity contribution in [3.05, 3.63) is 42.0 Å². The van der Waals surface area contributed by atoms with Gasteiger partial charge in [-0.15, -0.1) is 0 Å². The molecule has 3 rings (SSSR count). The van der Waals surface area contributed by atoms with E-state index in [1.165, 1.54) is 0 Å². The Labute approximate surface area is 149 Å². The first-order valence-electron chi connectivity index (χ1n) is 8.81. The van der Waals surface area contributed by atoms with Gasteiger partial charge in [-0.05, 0) is 31.0 Å². The van der Waals surface area contributed by atoms with Gasteiger partial charge in [0.05, 0.1) is 32.3 Å². The van der Waals surface area contributed by atoms with Crippen LogP contribution in [0.25, 0.3) is 0 Å². The van der Waals surface area contributed by atoms with E-state index in [1.54, 1.807) is 7.11 Å². The normalized spacial score (nSPS) is 17.0. The molecule has 1 aromatic heterocycles. The van der Waals surface area contributed by atoms with Gasteiger partial charge in [-0.25, -0.2) is 4.98 Å². The summed E-state index contributed by atoms with van der Waals surface area (Å²) in [7, 11) is 3.68. The highest BCUT2D eigenvalue weighted by molar-refractivity contribution is 5.40. The molecule has 1 aromatic carbocycles. The van der Waals surface area contributed by atoms with E-state index in [1.807, 2.05) is 30.1 Å². The highest BCUT2D eigenvalue weighted by Gasteiger charge is 2.14. The molecule has 25 heavy (non-hydrogen) atoms. The summed E-state index contributed by atoms with van der Waals surface area (Å²) in [5.74, 6) is 1.79. The third-order valence-electron chi connectivity index (χ3n) is 4.30. The molecule has 0 saturated carbocycles. The lowest BCUT2D eigenvalue weighted by atomic mass is 10.1. The van der Waals surface area contributed by atoms with Gasteiger partial charge in [-0.1, -0.05) is 0 Å². The van der Waals surface area contributed by atoms with Crippen molar-refractivity contribution in [2.75, 3.05) is 33.5 Å². The summed E-state index contributed by atoms with van der Waals surface area (Å²) >= 11 is 0. The molecule has 0 bridgehead atoms. The summed E-state index contributed by atoms with van der Waals surface area (Å²) in [5, 5.41) is 0.